The molecule has 1 aliphatic carbocycles. The summed E-state index contributed by atoms with van der Waals surface area (Å²) in [7, 11) is 3.68. The molecule has 2 aromatic rings. The van der Waals surface area contributed by atoms with Crippen LogP contribution in [0.25, 0.3) is 11.1 Å². The van der Waals surface area contributed by atoms with E-state index in [1.807, 2.05) is 19.2 Å². The molecule has 0 heterocycles. The van der Waals surface area contributed by atoms with E-state index in [4.69, 9.17) is 16.3 Å². The van der Waals surface area contributed by atoms with Crippen LogP contribution < -0.4 is 10.1 Å². The van der Waals surface area contributed by atoms with Gasteiger partial charge in [-0.1, -0.05) is 35.9 Å². The van der Waals surface area contributed by atoms with E-state index in [2.05, 4.69) is 29.6 Å². The van der Waals surface area contributed by atoms with Crippen LogP contribution in [-0.4, -0.2) is 14.2 Å². The highest BCUT2D eigenvalue weighted by Gasteiger charge is 2.23. The van der Waals surface area contributed by atoms with Gasteiger partial charge in [0.1, 0.15) is 5.75 Å². The smallest absolute Gasteiger partial charge is 0.138 e. The first-order chi connectivity index (χ1) is 9.74. The minimum atomic E-state index is 0.471. The average molecular weight is 288 g/mol. The molecule has 20 heavy (non-hydrogen) atoms. The largest absolute Gasteiger partial charge is 0.495 e. The van der Waals surface area contributed by atoms with Crippen LogP contribution in [0.15, 0.2) is 36.4 Å². The number of hydrogen-bond acceptors (Lipinski definition) is 2. The van der Waals surface area contributed by atoms with Crippen LogP contribution in [0, 0.1) is 0 Å². The van der Waals surface area contributed by atoms with Crippen molar-refractivity contribution in [3.8, 4) is 16.9 Å². The molecule has 3 rings (SSSR count). The summed E-state index contributed by atoms with van der Waals surface area (Å²) in [6, 6.07) is 13.0. The Kier molecular flexibility index (Phi) is 3.68. The third-order valence-electron chi connectivity index (χ3n) is 4.08. The maximum absolute atomic E-state index is 6.11. The Morgan fingerprint density at radius 2 is 2.10 bits per heavy atom. The Bertz CT molecular complexity index is 639. The maximum atomic E-state index is 6.11. The summed E-state index contributed by atoms with van der Waals surface area (Å²) >= 11 is 6.11. The number of nitrogens with one attached hydrogen (secondary N) is 1. The van der Waals surface area contributed by atoms with Crippen molar-refractivity contribution in [1.29, 1.82) is 0 Å². The van der Waals surface area contributed by atoms with Crippen molar-refractivity contribution < 1.29 is 4.74 Å². The monoisotopic (exact) mass is 287 g/mol. The zero-order valence-electron chi connectivity index (χ0n) is 11.7. The standard InChI is InChI=1S/C17H18ClNO/c1-19-16-9-7-13-12(4-3-5-14(13)16)11-6-8-15(18)17(10-11)20-2/h3-6,8,10,16,19H,7,9H2,1-2H3. The van der Waals surface area contributed by atoms with E-state index in [0.717, 1.165) is 18.6 Å². The summed E-state index contributed by atoms with van der Waals surface area (Å²) in [6.45, 7) is 0. The van der Waals surface area contributed by atoms with E-state index in [9.17, 15) is 0 Å². The lowest BCUT2D eigenvalue weighted by Gasteiger charge is -2.13. The molecule has 0 aromatic heterocycles. The second-order valence-corrected chi connectivity index (χ2v) is 5.51. The van der Waals surface area contributed by atoms with Gasteiger partial charge in [-0.15, -0.1) is 0 Å². The zero-order valence-corrected chi connectivity index (χ0v) is 12.5. The van der Waals surface area contributed by atoms with Gasteiger partial charge in [0, 0.05) is 6.04 Å². The van der Waals surface area contributed by atoms with Crippen LogP contribution in [0.4, 0.5) is 0 Å². The summed E-state index contributed by atoms with van der Waals surface area (Å²) in [5.74, 6) is 0.727. The lowest BCUT2D eigenvalue weighted by atomic mass is 9.96. The van der Waals surface area contributed by atoms with Crippen LogP contribution in [0.5, 0.6) is 5.75 Å². The molecule has 1 atom stereocenters. The number of ether oxygens (including phenoxy) is 1. The van der Waals surface area contributed by atoms with Gasteiger partial charge < -0.3 is 10.1 Å². The number of methoxy groups -OCH3 is 1. The van der Waals surface area contributed by atoms with Crippen molar-refractivity contribution in [3.63, 3.8) is 0 Å². The van der Waals surface area contributed by atoms with Crippen molar-refractivity contribution in [2.75, 3.05) is 14.2 Å². The molecule has 0 spiro atoms. The fourth-order valence-electron chi connectivity index (χ4n) is 3.05. The minimum Gasteiger partial charge on any atom is -0.495 e. The second kappa shape index (κ2) is 5.47. The molecular weight excluding hydrogens is 270 g/mol. The van der Waals surface area contributed by atoms with Gasteiger partial charge in [-0.25, -0.2) is 0 Å². The number of halogens is 1. The second-order valence-electron chi connectivity index (χ2n) is 5.10. The molecule has 0 fully saturated rings. The molecule has 3 heteroatoms. The van der Waals surface area contributed by atoms with Gasteiger partial charge in [-0.05, 0) is 54.3 Å². The first-order valence-corrected chi connectivity index (χ1v) is 7.25. The first-order valence-electron chi connectivity index (χ1n) is 6.87. The molecule has 1 N–H and O–H groups in total. The Morgan fingerprint density at radius 1 is 1.25 bits per heavy atom. The predicted octanol–water partition coefficient (Wildman–Crippen LogP) is 4.22. The number of hydrogen-bond donors (Lipinski definition) is 1. The van der Waals surface area contributed by atoms with Crippen molar-refractivity contribution in [3.05, 3.63) is 52.5 Å². The molecule has 1 aliphatic rings. The van der Waals surface area contributed by atoms with Crippen molar-refractivity contribution in [1.82, 2.24) is 5.32 Å². The average Bonchev–Trinajstić information content (AvgIpc) is 2.91. The van der Waals surface area contributed by atoms with E-state index >= 15 is 0 Å². The van der Waals surface area contributed by atoms with E-state index in [-0.39, 0.29) is 0 Å². The number of rotatable bonds is 3. The SMILES string of the molecule is CNC1CCc2c(-c3ccc(Cl)c(OC)c3)cccc21. The van der Waals surface area contributed by atoms with E-state index in [1.54, 1.807) is 7.11 Å². The molecular formula is C17H18ClNO. The molecule has 0 aliphatic heterocycles. The molecule has 2 nitrogen and oxygen atoms in total. The fraction of sp³-hybridized carbons (Fsp3) is 0.294. The van der Waals surface area contributed by atoms with Crippen molar-refractivity contribution in [2.24, 2.45) is 0 Å². The van der Waals surface area contributed by atoms with Crippen molar-refractivity contribution in [2.45, 2.75) is 18.9 Å². The highest BCUT2D eigenvalue weighted by molar-refractivity contribution is 6.32. The van der Waals surface area contributed by atoms with Gasteiger partial charge in [-0.3, -0.25) is 0 Å². The van der Waals surface area contributed by atoms with Crippen LogP contribution in [0.1, 0.15) is 23.6 Å². The van der Waals surface area contributed by atoms with Crippen LogP contribution in [0.3, 0.4) is 0 Å². The fourth-order valence-corrected chi connectivity index (χ4v) is 3.25. The lowest BCUT2D eigenvalue weighted by molar-refractivity contribution is 0.415. The lowest BCUT2D eigenvalue weighted by Crippen LogP contribution is -2.12. The van der Waals surface area contributed by atoms with Gasteiger partial charge in [0.15, 0.2) is 0 Å². The molecule has 0 saturated heterocycles. The van der Waals surface area contributed by atoms with Crippen LogP contribution in [0.2, 0.25) is 5.02 Å². The van der Waals surface area contributed by atoms with Gasteiger partial charge in [0.25, 0.3) is 0 Å². The normalized spacial score (nSPS) is 17.1. The van der Waals surface area contributed by atoms with E-state index in [0.29, 0.717) is 11.1 Å². The summed E-state index contributed by atoms with van der Waals surface area (Å²) in [6.07, 6.45) is 2.27. The molecule has 0 bridgehead atoms. The Balaban J connectivity index is 2.10. The van der Waals surface area contributed by atoms with Gasteiger partial charge in [-0.2, -0.15) is 0 Å². The quantitative estimate of drug-likeness (QED) is 0.912. The first kappa shape index (κ1) is 13.5. The zero-order chi connectivity index (χ0) is 14.1. The molecule has 0 radical (unpaired) electrons. The molecule has 0 amide bonds. The maximum Gasteiger partial charge on any atom is 0.138 e. The van der Waals surface area contributed by atoms with E-state index < -0.39 is 0 Å². The van der Waals surface area contributed by atoms with Crippen LogP contribution in [-0.2, 0) is 6.42 Å². The third-order valence-corrected chi connectivity index (χ3v) is 4.39. The summed E-state index contributed by atoms with van der Waals surface area (Å²) in [5.41, 5.74) is 5.31. The summed E-state index contributed by atoms with van der Waals surface area (Å²) in [5, 5.41) is 4.03. The number of fused-ring (bicyclic) bond motifs is 1. The summed E-state index contributed by atoms with van der Waals surface area (Å²) < 4.78 is 5.32. The molecule has 0 saturated carbocycles. The van der Waals surface area contributed by atoms with Crippen molar-refractivity contribution >= 4 is 11.6 Å². The van der Waals surface area contributed by atoms with Gasteiger partial charge >= 0.3 is 0 Å². The molecule has 2 aromatic carbocycles. The topological polar surface area (TPSA) is 21.3 Å². The molecule has 1 unspecified atom stereocenters. The third kappa shape index (κ3) is 2.19. The van der Waals surface area contributed by atoms with Crippen LogP contribution >= 0.6 is 11.6 Å². The Morgan fingerprint density at radius 3 is 2.85 bits per heavy atom. The van der Waals surface area contributed by atoms with E-state index in [1.165, 1.54) is 22.3 Å². The Labute approximate surface area is 124 Å². The summed E-state index contributed by atoms with van der Waals surface area (Å²) in [4.78, 5) is 0. The number of benzene rings is 2. The van der Waals surface area contributed by atoms with Gasteiger partial charge in [0.2, 0.25) is 0 Å². The Hall–Kier alpha value is -1.51. The predicted molar refractivity (Wildman–Crippen MR) is 83.6 cm³/mol. The molecule has 104 valence electrons. The highest BCUT2D eigenvalue weighted by Crippen LogP contribution is 2.39. The minimum absolute atomic E-state index is 0.471. The highest BCUT2D eigenvalue weighted by atomic mass is 35.5. The van der Waals surface area contributed by atoms with Gasteiger partial charge in [0.05, 0.1) is 12.1 Å².